The summed E-state index contributed by atoms with van der Waals surface area (Å²) in [6, 6.07) is 18.6. The van der Waals surface area contributed by atoms with Gasteiger partial charge in [-0.3, -0.25) is 0 Å². The SMILES string of the molecule is CC(NC(=O)NCC(Cc1csc2ccccc12)N(C)C)c1ccccc1. The number of fused-ring (bicyclic) bond motifs is 1. The van der Waals surface area contributed by atoms with Gasteiger partial charge in [-0.15, -0.1) is 11.3 Å². The van der Waals surface area contributed by atoms with Gasteiger partial charge in [0.25, 0.3) is 0 Å². The van der Waals surface area contributed by atoms with Gasteiger partial charge in [0, 0.05) is 17.3 Å². The predicted octanol–water partition coefficient (Wildman–Crippen LogP) is 4.43. The number of hydrogen-bond acceptors (Lipinski definition) is 3. The van der Waals surface area contributed by atoms with Crippen LogP contribution in [0, 0.1) is 0 Å². The molecule has 0 aliphatic rings. The van der Waals surface area contributed by atoms with Crippen molar-refractivity contribution in [2.75, 3.05) is 20.6 Å². The molecule has 2 N–H and O–H groups in total. The van der Waals surface area contributed by atoms with E-state index < -0.39 is 0 Å². The number of nitrogens with zero attached hydrogens (tertiary/aromatic N) is 1. The van der Waals surface area contributed by atoms with Crippen LogP contribution in [-0.4, -0.2) is 37.6 Å². The zero-order valence-electron chi connectivity index (χ0n) is 16.1. The molecule has 0 radical (unpaired) electrons. The van der Waals surface area contributed by atoms with Gasteiger partial charge in [-0.1, -0.05) is 48.5 Å². The summed E-state index contributed by atoms with van der Waals surface area (Å²) in [6.45, 7) is 2.60. The van der Waals surface area contributed by atoms with Crippen molar-refractivity contribution in [1.82, 2.24) is 15.5 Å². The molecule has 2 unspecified atom stereocenters. The number of urea groups is 1. The Hall–Kier alpha value is -2.37. The first-order valence-corrected chi connectivity index (χ1v) is 10.1. The van der Waals surface area contributed by atoms with Gasteiger partial charge in [0.05, 0.1) is 6.04 Å². The third kappa shape index (κ3) is 5.08. The molecule has 142 valence electrons. The molecular formula is C22H27N3OS. The summed E-state index contributed by atoms with van der Waals surface area (Å²) >= 11 is 1.78. The normalized spacial score (nSPS) is 13.5. The lowest BCUT2D eigenvalue weighted by Gasteiger charge is -2.25. The van der Waals surface area contributed by atoms with Gasteiger partial charge in [-0.2, -0.15) is 0 Å². The standard InChI is InChI=1S/C22H27N3OS/c1-16(17-9-5-4-6-10-17)24-22(26)23-14-19(25(2)3)13-18-15-27-21-12-8-7-11-20(18)21/h4-12,15-16,19H,13-14H2,1-3H3,(H2,23,24,26). The lowest BCUT2D eigenvalue weighted by Crippen LogP contribution is -2.45. The van der Waals surface area contributed by atoms with E-state index in [1.54, 1.807) is 11.3 Å². The van der Waals surface area contributed by atoms with E-state index in [2.05, 4.69) is 59.3 Å². The number of thiophene rings is 1. The molecule has 0 bridgehead atoms. The fourth-order valence-corrected chi connectivity index (χ4v) is 4.14. The molecule has 0 saturated heterocycles. The van der Waals surface area contributed by atoms with Crippen LogP contribution in [0.4, 0.5) is 4.79 Å². The molecule has 0 aliphatic heterocycles. The highest BCUT2D eigenvalue weighted by molar-refractivity contribution is 7.17. The average molecular weight is 382 g/mol. The van der Waals surface area contributed by atoms with Gasteiger partial charge in [-0.05, 0) is 55.4 Å². The predicted molar refractivity (Wildman–Crippen MR) is 114 cm³/mol. The van der Waals surface area contributed by atoms with E-state index in [-0.39, 0.29) is 18.1 Å². The molecule has 2 amide bonds. The quantitative estimate of drug-likeness (QED) is 0.636. The molecule has 0 saturated carbocycles. The Morgan fingerprint density at radius 3 is 2.52 bits per heavy atom. The molecule has 0 spiro atoms. The molecule has 0 aliphatic carbocycles. The lowest BCUT2D eigenvalue weighted by atomic mass is 10.0. The summed E-state index contributed by atoms with van der Waals surface area (Å²) in [5, 5.41) is 9.60. The maximum absolute atomic E-state index is 12.3. The molecule has 1 heterocycles. The van der Waals surface area contributed by atoms with Crippen molar-refractivity contribution >= 4 is 27.5 Å². The topological polar surface area (TPSA) is 44.4 Å². The van der Waals surface area contributed by atoms with Crippen LogP contribution >= 0.6 is 11.3 Å². The summed E-state index contributed by atoms with van der Waals surface area (Å²) in [4.78, 5) is 14.5. The van der Waals surface area contributed by atoms with E-state index in [9.17, 15) is 4.79 Å². The van der Waals surface area contributed by atoms with E-state index in [1.807, 2.05) is 37.3 Å². The number of carbonyl (C=O) groups is 1. The number of rotatable bonds is 7. The minimum atomic E-state index is -0.131. The Balaban J connectivity index is 1.57. The number of hydrogen-bond donors (Lipinski definition) is 2. The second-order valence-corrected chi connectivity index (χ2v) is 7.98. The van der Waals surface area contributed by atoms with Crippen LogP contribution in [0.25, 0.3) is 10.1 Å². The van der Waals surface area contributed by atoms with Crippen LogP contribution in [0.5, 0.6) is 0 Å². The largest absolute Gasteiger partial charge is 0.337 e. The molecule has 4 nitrogen and oxygen atoms in total. The zero-order valence-corrected chi connectivity index (χ0v) is 16.9. The molecule has 2 atom stereocenters. The molecular weight excluding hydrogens is 354 g/mol. The molecule has 1 aromatic heterocycles. The number of nitrogens with one attached hydrogen (secondary N) is 2. The average Bonchev–Trinajstić information content (AvgIpc) is 3.08. The van der Waals surface area contributed by atoms with Crippen molar-refractivity contribution in [3.8, 4) is 0 Å². The van der Waals surface area contributed by atoms with Crippen LogP contribution in [0.15, 0.2) is 60.0 Å². The van der Waals surface area contributed by atoms with Crippen molar-refractivity contribution in [1.29, 1.82) is 0 Å². The lowest BCUT2D eigenvalue weighted by molar-refractivity contribution is 0.229. The highest BCUT2D eigenvalue weighted by Crippen LogP contribution is 2.27. The van der Waals surface area contributed by atoms with E-state index >= 15 is 0 Å². The third-order valence-electron chi connectivity index (χ3n) is 4.89. The third-order valence-corrected chi connectivity index (χ3v) is 5.90. The number of amides is 2. The van der Waals surface area contributed by atoms with Crippen LogP contribution in [-0.2, 0) is 6.42 Å². The monoisotopic (exact) mass is 381 g/mol. The van der Waals surface area contributed by atoms with Crippen LogP contribution in [0.3, 0.4) is 0 Å². The van der Waals surface area contributed by atoms with Crippen molar-refractivity contribution in [3.63, 3.8) is 0 Å². The Labute approximate surface area is 165 Å². The number of likely N-dealkylation sites (N-methyl/N-ethyl adjacent to an activating group) is 1. The molecule has 3 rings (SSSR count). The fraction of sp³-hybridized carbons (Fsp3) is 0.318. The molecule has 0 fully saturated rings. The van der Waals surface area contributed by atoms with Gasteiger partial charge < -0.3 is 15.5 Å². The van der Waals surface area contributed by atoms with Gasteiger partial charge in [-0.25, -0.2) is 4.79 Å². The number of carbonyl (C=O) groups excluding carboxylic acids is 1. The smallest absolute Gasteiger partial charge is 0.315 e. The minimum Gasteiger partial charge on any atom is -0.337 e. The Bertz CT molecular complexity index is 875. The van der Waals surface area contributed by atoms with E-state index in [4.69, 9.17) is 0 Å². The van der Waals surface area contributed by atoms with Gasteiger partial charge >= 0.3 is 6.03 Å². The van der Waals surface area contributed by atoms with Gasteiger partial charge in [0.2, 0.25) is 0 Å². The minimum absolute atomic E-state index is 0.0233. The van der Waals surface area contributed by atoms with E-state index in [0.29, 0.717) is 6.54 Å². The number of benzene rings is 2. The van der Waals surface area contributed by atoms with Gasteiger partial charge in [0.1, 0.15) is 0 Å². The molecule has 2 aromatic carbocycles. The first-order valence-electron chi connectivity index (χ1n) is 9.25. The van der Waals surface area contributed by atoms with Gasteiger partial charge in [0.15, 0.2) is 0 Å². The van der Waals surface area contributed by atoms with Crippen molar-refractivity contribution in [2.24, 2.45) is 0 Å². The highest BCUT2D eigenvalue weighted by atomic mass is 32.1. The molecule has 27 heavy (non-hydrogen) atoms. The van der Waals surface area contributed by atoms with Crippen molar-refractivity contribution in [3.05, 3.63) is 71.1 Å². The maximum Gasteiger partial charge on any atom is 0.315 e. The summed E-state index contributed by atoms with van der Waals surface area (Å²) in [6.07, 6.45) is 0.908. The Morgan fingerprint density at radius 1 is 1.07 bits per heavy atom. The Kier molecular flexibility index (Phi) is 6.48. The van der Waals surface area contributed by atoms with Crippen LogP contribution in [0.2, 0.25) is 0 Å². The van der Waals surface area contributed by atoms with Crippen molar-refractivity contribution in [2.45, 2.75) is 25.4 Å². The maximum atomic E-state index is 12.3. The summed E-state index contributed by atoms with van der Waals surface area (Å²) in [5.41, 5.74) is 2.44. The summed E-state index contributed by atoms with van der Waals surface area (Å²) in [5.74, 6) is 0. The second kappa shape index (κ2) is 9.02. The Morgan fingerprint density at radius 2 is 1.78 bits per heavy atom. The first-order chi connectivity index (χ1) is 13.0. The van der Waals surface area contributed by atoms with Crippen LogP contribution in [0.1, 0.15) is 24.1 Å². The fourth-order valence-electron chi connectivity index (χ4n) is 3.17. The molecule has 5 heteroatoms. The summed E-state index contributed by atoms with van der Waals surface area (Å²) in [7, 11) is 4.12. The van der Waals surface area contributed by atoms with Crippen LogP contribution < -0.4 is 10.6 Å². The van der Waals surface area contributed by atoms with Crippen molar-refractivity contribution < 1.29 is 4.79 Å². The zero-order chi connectivity index (χ0) is 19.2. The van der Waals surface area contributed by atoms with E-state index in [0.717, 1.165) is 12.0 Å². The van der Waals surface area contributed by atoms with E-state index in [1.165, 1.54) is 15.6 Å². The second-order valence-electron chi connectivity index (χ2n) is 7.07. The first kappa shape index (κ1) is 19.4. The molecule has 3 aromatic rings. The summed E-state index contributed by atoms with van der Waals surface area (Å²) < 4.78 is 1.31. The highest BCUT2D eigenvalue weighted by Gasteiger charge is 2.17.